The highest BCUT2D eigenvalue weighted by Crippen LogP contribution is 2.24. The second-order valence-corrected chi connectivity index (χ2v) is 12.4. The van der Waals surface area contributed by atoms with E-state index in [-0.39, 0.29) is 54.5 Å². The van der Waals surface area contributed by atoms with Crippen molar-refractivity contribution in [3.05, 3.63) is 78.6 Å². The van der Waals surface area contributed by atoms with Gasteiger partial charge in [0.25, 0.3) is 0 Å². The predicted molar refractivity (Wildman–Crippen MR) is 188 cm³/mol. The zero-order valence-electron chi connectivity index (χ0n) is 28.5. The molecule has 2 amide bonds. The Balaban J connectivity index is 0.00000800. The molecule has 48 heavy (non-hydrogen) atoms. The van der Waals surface area contributed by atoms with Crippen LogP contribution in [0.1, 0.15) is 114 Å². The first kappa shape index (κ1) is 40.6. The van der Waals surface area contributed by atoms with Gasteiger partial charge in [-0.1, -0.05) is 89.4 Å². The monoisotopic (exact) mass is 769 g/mol. The molecule has 0 aliphatic heterocycles. The summed E-state index contributed by atoms with van der Waals surface area (Å²) in [5, 5.41) is 16.7. The number of amides is 2. The van der Waals surface area contributed by atoms with Crippen LogP contribution in [0.15, 0.2) is 73.1 Å². The van der Waals surface area contributed by atoms with Gasteiger partial charge in [-0.3, -0.25) is 19.2 Å². The van der Waals surface area contributed by atoms with Gasteiger partial charge in [-0.25, -0.2) is 0 Å². The summed E-state index contributed by atoms with van der Waals surface area (Å²) in [6.07, 6.45) is 23.0. The number of aliphatic carboxylic acids is 1. The van der Waals surface area contributed by atoms with Crippen LogP contribution in [0, 0.1) is 5.92 Å². The lowest BCUT2D eigenvalue weighted by atomic mass is 9.99. The Morgan fingerprint density at radius 2 is 1.46 bits per heavy atom. The Morgan fingerprint density at radius 3 is 2.08 bits per heavy atom. The molecule has 3 rings (SSSR count). The van der Waals surface area contributed by atoms with Crippen LogP contribution in [0.25, 0.3) is 10.8 Å². The Kier molecular flexibility index (Phi) is 19.3. The van der Waals surface area contributed by atoms with Gasteiger partial charge >= 0.3 is 5.97 Å². The molecule has 9 heteroatoms. The summed E-state index contributed by atoms with van der Waals surface area (Å²) in [6.45, 7) is 3.80. The van der Waals surface area contributed by atoms with Gasteiger partial charge in [0.2, 0.25) is 24.1 Å². The molecular weight excluding hydrogens is 717 g/mol. The van der Waals surface area contributed by atoms with E-state index in [1.165, 1.54) is 71.1 Å². The van der Waals surface area contributed by atoms with E-state index in [9.17, 15) is 24.3 Å². The first-order valence-corrected chi connectivity index (χ1v) is 17.3. The van der Waals surface area contributed by atoms with Crippen LogP contribution in [0.5, 0.6) is 0 Å². The Bertz CT molecular complexity index is 1490. The highest BCUT2D eigenvalue weighted by atomic mass is 127. The smallest absolute Gasteiger partial charge is 0.304 e. The lowest BCUT2D eigenvalue weighted by molar-refractivity contribution is -0.681. The number of pyridine rings is 1. The number of aromatic nitrogens is 1. The summed E-state index contributed by atoms with van der Waals surface area (Å²) in [5.74, 6) is -2.27. The molecular formula is C39H52IN3O5. The van der Waals surface area contributed by atoms with Crippen molar-refractivity contribution in [2.45, 2.75) is 110 Å². The standard InChI is InChI=1S/C39H51N3O5.HI/c1-3-4-5-6-7-8-9-10-11-12-13-14-15-16-18-32(27-38(45)46)39(47)41-36-20-17-19-33-28-42(26-25-35(33)36)29-37(44)31-21-23-34(24-22-31)40-30(2)43;/h15-17,19-26,28,32H,3-14,18,27,29H2,1-2H3,(H2-,40,41,43,44,45,46,47);1H/b16-15+;. The summed E-state index contributed by atoms with van der Waals surface area (Å²) in [5.41, 5.74) is 1.76. The number of anilines is 2. The van der Waals surface area contributed by atoms with Crippen LogP contribution in [-0.4, -0.2) is 28.7 Å². The number of nitrogens with zero attached hydrogens (tertiary/aromatic N) is 1. The molecule has 0 radical (unpaired) electrons. The van der Waals surface area contributed by atoms with Gasteiger partial charge in [0, 0.05) is 40.7 Å². The fourth-order valence-corrected chi connectivity index (χ4v) is 5.71. The Labute approximate surface area is 302 Å². The third-order valence-corrected chi connectivity index (χ3v) is 8.34. The summed E-state index contributed by atoms with van der Waals surface area (Å²) >= 11 is 0. The summed E-state index contributed by atoms with van der Waals surface area (Å²) < 4.78 is 1.78. The van der Waals surface area contributed by atoms with Crippen LogP contribution in [0.4, 0.5) is 11.4 Å². The number of hydrogen-bond donors (Lipinski definition) is 3. The number of carboxylic acid groups (broad SMARTS) is 1. The number of unbranched alkanes of at least 4 members (excludes halogenated alkanes) is 11. The topological polar surface area (TPSA) is 116 Å². The fraction of sp³-hybridized carbons (Fsp3) is 0.462. The third kappa shape index (κ3) is 15.1. The average molecular weight is 770 g/mol. The zero-order chi connectivity index (χ0) is 33.9. The number of benzene rings is 2. The number of hydrogen-bond acceptors (Lipinski definition) is 4. The van der Waals surface area contributed by atoms with Gasteiger partial charge in [0.05, 0.1) is 12.3 Å². The van der Waals surface area contributed by atoms with Gasteiger partial charge in [-0.15, -0.1) is 0 Å². The fourth-order valence-electron chi connectivity index (χ4n) is 5.71. The van der Waals surface area contributed by atoms with Crippen molar-refractivity contribution in [3.8, 4) is 0 Å². The molecule has 1 heterocycles. The average Bonchev–Trinajstić information content (AvgIpc) is 3.04. The molecule has 3 N–H and O–H groups in total. The van der Waals surface area contributed by atoms with E-state index in [2.05, 4.69) is 23.6 Å². The summed E-state index contributed by atoms with van der Waals surface area (Å²) in [7, 11) is 0. The first-order valence-electron chi connectivity index (χ1n) is 17.3. The van der Waals surface area contributed by atoms with Crippen LogP contribution in [0.2, 0.25) is 0 Å². The molecule has 8 nitrogen and oxygen atoms in total. The van der Waals surface area contributed by atoms with Gasteiger partial charge < -0.3 is 39.7 Å². The maximum absolute atomic E-state index is 13.2. The minimum atomic E-state index is -1.00. The lowest BCUT2D eigenvalue weighted by Crippen LogP contribution is -3.00. The van der Waals surface area contributed by atoms with E-state index in [4.69, 9.17) is 0 Å². The van der Waals surface area contributed by atoms with E-state index in [0.717, 1.165) is 23.6 Å². The molecule has 1 atom stereocenters. The highest BCUT2D eigenvalue weighted by Gasteiger charge is 2.22. The second kappa shape index (κ2) is 22.9. The minimum Gasteiger partial charge on any atom is -1.00 e. The van der Waals surface area contributed by atoms with Crippen molar-refractivity contribution in [2.24, 2.45) is 5.92 Å². The van der Waals surface area contributed by atoms with Crippen LogP contribution >= 0.6 is 0 Å². The first-order chi connectivity index (χ1) is 22.8. The van der Waals surface area contributed by atoms with E-state index >= 15 is 0 Å². The van der Waals surface area contributed by atoms with Crippen molar-refractivity contribution in [1.82, 2.24) is 0 Å². The minimum absolute atomic E-state index is 0. The molecule has 0 aliphatic carbocycles. The van der Waals surface area contributed by atoms with Gasteiger partial charge in [0.15, 0.2) is 12.4 Å². The number of allylic oxidation sites excluding steroid dienone is 2. The van der Waals surface area contributed by atoms with Crippen molar-refractivity contribution < 1.29 is 52.8 Å². The third-order valence-electron chi connectivity index (χ3n) is 8.34. The molecule has 0 spiro atoms. The normalized spacial score (nSPS) is 11.6. The molecule has 1 aromatic heterocycles. The van der Waals surface area contributed by atoms with Crippen molar-refractivity contribution in [2.75, 3.05) is 10.6 Å². The molecule has 0 bridgehead atoms. The van der Waals surface area contributed by atoms with Crippen molar-refractivity contribution in [1.29, 1.82) is 0 Å². The number of ketones is 1. The molecule has 3 aromatic rings. The maximum atomic E-state index is 13.2. The van der Waals surface area contributed by atoms with E-state index in [1.54, 1.807) is 41.1 Å². The zero-order valence-corrected chi connectivity index (χ0v) is 30.7. The highest BCUT2D eigenvalue weighted by molar-refractivity contribution is 6.03. The van der Waals surface area contributed by atoms with Gasteiger partial charge in [0.1, 0.15) is 0 Å². The molecule has 1 unspecified atom stereocenters. The summed E-state index contributed by atoms with van der Waals surface area (Å²) in [6, 6.07) is 14.1. The van der Waals surface area contributed by atoms with Crippen LogP contribution in [-0.2, 0) is 20.9 Å². The number of carboxylic acids is 1. The second-order valence-electron chi connectivity index (χ2n) is 12.4. The SMILES string of the molecule is CCCCCCCCCCCCC/C=C/CC(CC(=O)O)C(=O)Nc1cccc2c[n+](CC(=O)c3ccc(NC(C)=O)cc3)ccc12.[I-]. The number of carbonyl (C=O) groups is 4. The summed E-state index contributed by atoms with van der Waals surface area (Å²) in [4.78, 5) is 48.9. The van der Waals surface area contributed by atoms with Crippen LogP contribution < -0.4 is 39.2 Å². The molecule has 260 valence electrons. The Hall–Kier alpha value is -3.60. The van der Waals surface area contributed by atoms with Crippen LogP contribution in [0.3, 0.4) is 0 Å². The molecule has 2 aromatic carbocycles. The number of nitrogens with one attached hydrogen (secondary N) is 2. The van der Waals surface area contributed by atoms with E-state index in [1.807, 2.05) is 30.5 Å². The number of fused-ring (bicyclic) bond motifs is 1. The van der Waals surface area contributed by atoms with Crippen molar-refractivity contribution in [3.63, 3.8) is 0 Å². The number of carbonyl (C=O) groups excluding carboxylic acids is 3. The van der Waals surface area contributed by atoms with Gasteiger partial charge in [-0.2, -0.15) is 4.57 Å². The molecule has 0 aliphatic rings. The van der Waals surface area contributed by atoms with E-state index < -0.39 is 11.9 Å². The molecule has 0 saturated heterocycles. The number of Topliss-reactive ketones (excluding diaryl/α,β-unsaturated/α-hetero) is 1. The molecule has 0 saturated carbocycles. The van der Waals surface area contributed by atoms with Gasteiger partial charge in [-0.05, 0) is 55.7 Å². The lowest BCUT2D eigenvalue weighted by Gasteiger charge is -2.14. The number of rotatable bonds is 22. The molecule has 0 fully saturated rings. The Morgan fingerprint density at radius 1 is 0.812 bits per heavy atom. The predicted octanol–water partition coefficient (Wildman–Crippen LogP) is 5.65. The number of halogens is 1. The maximum Gasteiger partial charge on any atom is 0.304 e. The quantitative estimate of drug-likeness (QED) is 0.0402. The van der Waals surface area contributed by atoms with Crippen molar-refractivity contribution >= 4 is 45.7 Å². The largest absolute Gasteiger partial charge is 1.00 e. The van der Waals surface area contributed by atoms with E-state index in [0.29, 0.717) is 23.4 Å².